The smallest absolute Gasteiger partial charge is 0.406 e. The first kappa shape index (κ1) is 23.1. The summed E-state index contributed by atoms with van der Waals surface area (Å²) in [4.78, 5) is 0. The zero-order chi connectivity index (χ0) is 23.4. The second-order valence-electron chi connectivity index (χ2n) is 7.92. The van der Waals surface area contributed by atoms with E-state index in [1.165, 1.54) is 12.1 Å². The average molecular weight is 470 g/mol. The van der Waals surface area contributed by atoms with Gasteiger partial charge in [0.2, 0.25) is 0 Å². The number of benzene rings is 4. The summed E-state index contributed by atoms with van der Waals surface area (Å²) in [5.74, 6) is -0.231. The molecule has 0 fully saturated rings. The van der Waals surface area contributed by atoms with E-state index >= 15 is 0 Å². The standard InChI is InChI=1S/C27H23ClF3NO/c1-18(21-6-4-7-23(28)17-21)32-14-13-19-15-22-5-2-3-8-25(22)26(16-19)20-9-11-24(12-10-20)33-27(29,30)31/h2-12,15-18,32H,13-14H2,1H3. The Hall–Kier alpha value is -3.02. The molecular weight excluding hydrogens is 447 g/mol. The molecular formula is C27H23ClF3NO. The summed E-state index contributed by atoms with van der Waals surface area (Å²) in [6.07, 6.45) is -3.90. The van der Waals surface area contributed by atoms with Crippen LogP contribution in [0.1, 0.15) is 24.1 Å². The van der Waals surface area contributed by atoms with E-state index < -0.39 is 6.36 Å². The highest BCUT2D eigenvalue weighted by Crippen LogP contribution is 2.32. The minimum Gasteiger partial charge on any atom is -0.406 e. The van der Waals surface area contributed by atoms with E-state index in [0.29, 0.717) is 5.02 Å². The predicted octanol–water partition coefficient (Wildman–Crippen LogP) is 7.95. The minimum atomic E-state index is -4.71. The number of halogens is 4. The van der Waals surface area contributed by atoms with Gasteiger partial charge in [-0.15, -0.1) is 13.2 Å². The van der Waals surface area contributed by atoms with Gasteiger partial charge in [0.05, 0.1) is 0 Å². The third-order valence-electron chi connectivity index (χ3n) is 5.53. The Morgan fingerprint density at radius 2 is 1.67 bits per heavy atom. The monoisotopic (exact) mass is 469 g/mol. The SMILES string of the molecule is CC(NCCc1cc(-c2ccc(OC(F)(F)F)cc2)c2ccccc2c1)c1cccc(Cl)c1. The summed E-state index contributed by atoms with van der Waals surface area (Å²) in [6, 6.07) is 26.2. The Morgan fingerprint density at radius 3 is 2.39 bits per heavy atom. The van der Waals surface area contributed by atoms with Gasteiger partial charge < -0.3 is 10.1 Å². The molecule has 0 radical (unpaired) electrons. The quantitative estimate of drug-likeness (QED) is 0.296. The van der Waals surface area contributed by atoms with E-state index in [0.717, 1.165) is 46.0 Å². The van der Waals surface area contributed by atoms with Crippen molar-refractivity contribution in [2.45, 2.75) is 25.7 Å². The maximum Gasteiger partial charge on any atom is 0.573 e. The van der Waals surface area contributed by atoms with Crippen LogP contribution in [0.25, 0.3) is 21.9 Å². The van der Waals surface area contributed by atoms with Crippen molar-refractivity contribution in [1.82, 2.24) is 5.32 Å². The van der Waals surface area contributed by atoms with Gasteiger partial charge in [0.25, 0.3) is 0 Å². The predicted molar refractivity (Wildman–Crippen MR) is 128 cm³/mol. The molecule has 4 aromatic carbocycles. The van der Waals surface area contributed by atoms with Crippen molar-refractivity contribution in [3.05, 3.63) is 101 Å². The fourth-order valence-electron chi connectivity index (χ4n) is 3.92. The average Bonchev–Trinajstić information content (AvgIpc) is 2.78. The minimum absolute atomic E-state index is 0.157. The Kier molecular flexibility index (Phi) is 6.91. The summed E-state index contributed by atoms with van der Waals surface area (Å²) >= 11 is 6.10. The second-order valence-corrected chi connectivity index (χ2v) is 8.35. The summed E-state index contributed by atoms with van der Waals surface area (Å²) < 4.78 is 41.5. The normalized spacial score (nSPS) is 12.6. The van der Waals surface area contributed by atoms with E-state index in [9.17, 15) is 13.2 Å². The van der Waals surface area contributed by atoms with Crippen LogP contribution in [0.3, 0.4) is 0 Å². The van der Waals surface area contributed by atoms with Gasteiger partial charge in [-0.2, -0.15) is 0 Å². The third kappa shape index (κ3) is 6.06. The van der Waals surface area contributed by atoms with Crippen LogP contribution in [0.2, 0.25) is 5.02 Å². The van der Waals surface area contributed by atoms with Gasteiger partial charge in [0, 0.05) is 11.1 Å². The molecule has 0 aromatic heterocycles. The highest BCUT2D eigenvalue weighted by atomic mass is 35.5. The van der Waals surface area contributed by atoms with Crippen LogP contribution in [0.15, 0.2) is 84.9 Å². The molecule has 1 unspecified atom stereocenters. The molecule has 0 aliphatic carbocycles. The Morgan fingerprint density at radius 1 is 0.909 bits per heavy atom. The number of ether oxygens (including phenoxy) is 1. The topological polar surface area (TPSA) is 21.3 Å². The van der Waals surface area contributed by atoms with Gasteiger partial charge in [-0.25, -0.2) is 0 Å². The molecule has 0 saturated heterocycles. The number of nitrogens with one attached hydrogen (secondary N) is 1. The Balaban J connectivity index is 1.54. The van der Waals surface area contributed by atoms with E-state index in [2.05, 4.69) is 29.1 Å². The Bertz CT molecular complexity index is 1240. The molecule has 1 atom stereocenters. The second kappa shape index (κ2) is 9.86. The first-order valence-corrected chi connectivity index (χ1v) is 11.0. The molecule has 33 heavy (non-hydrogen) atoms. The largest absolute Gasteiger partial charge is 0.573 e. The third-order valence-corrected chi connectivity index (χ3v) is 5.77. The maximum atomic E-state index is 12.5. The lowest BCUT2D eigenvalue weighted by atomic mass is 9.94. The summed E-state index contributed by atoms with van der Waals surface area (Å²) in [6.45, 7) is 2.87. The van der Waals surface area contributed by atoms with Gasteiger partial charge in [-0.1, -0.05) is 72.3 Å². The first-order chi connectivity index (χ1) is 15.8. The van der Waals surface area contributed by atoms with E-state index in [4.69, 9.17) is 11.6 Å². The molecule has 1 N–H and O–H groups in total. The molecule has 4 aromatic rings. The van der Waals surface area contributed by atoms with Crippen LogP contribution >= 0.6 is 11.6 Å². The molecule has 0 saturated carbocycles. The van der Waals surface area contributed by atoms with Gasteiger partial charge in [0.15, 0.2) is 0 Å². The van der Waals surface area contributed by atoms with Crippen molar-refractivity contribution >= 4 is 22.4 Å². The van der Waals surface area contributed by atoms with Crippen LogP contribution < -0.4 is 10.1 Å². The fourth-order valence-corrected chi connectivity index (χ4v) is 4.12. The van der Waals surface area contributed by atoms with E-state index in [1.54, 1.807) is 12.1 Å². The van der Waals surface area contributed by atoms with Crippen molar-refractivity contribution in [3.63, 3.8) is 0 Å². The molecule has 0 bridgehead atoms. The van der Waals surface area contributed by atoms with Crippen LogP contribution in [-0.4, -0.2) is 12.9 Å². The Labute approximate surface area is 196 Å². The van der Waals surface area contributed by atoms with Crippen LogP contribution in [0.4, 0.5) is 13.2 Å². The van der Waals surface area contributed by atoms with Crippen LogP contribution in [0, 0.1) is 0 Å². The van der Waals surface area contributed by atoms with Crippen molar-refractivity contribution in [1.29, 1.82) is 0 Å². The molecule has 0 heterocycles. The number of hydrogen-bond donors (Lipinski definition) is 1. The lowest BCUT2D eigenvalue weighted by molar-refractivity contribution is -0.274. The van der Waals surface area contributed by atoms with E-state index in [1.807, 2.05) is 48.5 Å². The summed E-state index contributed by atoms with van der Waals surface area (Å²) in [7, 11) is 0. The molecule has 4 rings (SSSR count). The highest BCUT2D eigenvalue weighted by molar-refractivity contribution is 6.30. The van der Waals surface area contributed by atoms with Crippen molar-refractivity contribution in [3.8, 4) is 16.9 Å². The fraction of sp³-hybridized carbons (Fsp3) is 0.185. The molecule has 0 spiro atoms. The lowest BCUT2D eigenvalue weighted by Crippen LogP contribution is -2.21. The van der Waals surface area contributed by atoms with Crippen molar-refractivity contribution in [2.75, 3.05) is 6.54 Å². The number of rotatable bonds is 7. The van der Waals surface area contributed by atoms with Gasteiger partial charge in [0.1, 0.15) is 5.75 Å². The summed E-state index contributed by atoms with van der Waals surface area (Å²) in [5.41, 5.74) is 4.08. The van der Waals surface area contributed by atoms with Gasteiger partial charge >= 0.3 is 6.36 Å². The van der Waals surface area contributed by atoms with Crippen molar-refractivity contribution < 1.29 is 17.9 Å². The zero-order valence-corrected chi connectivity index (χ0v) is 18.8. The van der Waals surface area contributed by atoms with E-state index in [-0.39, 0.29) is 11.8 Å². The van der Waals surface area contributed by atoms with Crippen LogP contribution in [-0.2, 0) is 6.42 Å². The van der Waals surface area contributed by atoms with Gasteiger partial charge in [-0.05, 0) is 77.2 Å². The number of fused-ring (bicyclic) bond motifs is 1. The highest BCUT2D eigenvalue weighted by Gasteiger charge is 2.31. The first-order valence-electron chi connectivity index (χ1n) is 10.7. The number of hydrogen-bond acceptors (Lipinski definition) is 2. The van der Waals surface area contributed by atoms with Crippen molar-refractivity contribution in [2.24, 2.45) is 0 Å². The number of alkyl halides is 3. The summed E-state index contributed by atoms with van der Waals surface area (Å²) in [5, 5.41) is 6.38. The molecule has 0 aliphatic rings. The zero-order valence-electron chi connectivity index (χ0n) is 18.0. The maximum absolute atomic E-state index is 12.5. The molecule has 6 heteroatoms. The van der Waals surface area contributed by atoms with Gasteiger partial charge in [-0.3, -0.25) is 0 Å². The molecule has 2 nitrogen and oxygen atoms in total. The van der Waals surface area contributed by atoms with Crippen LogP contribution in [0.5, 0.6) is 5.75 Å². The molecule has 0 aliphatic heterocycles. The molecule has 170 valence electrons. The molecule has 0 amide bonds. The lowest BCUT2D eigenvalue weighted by Gasteiger charge is -2.16.